The van der Waals surface area contributed by atoms with Crippen LogP contribution < -0.4 is 10.2 Å². The molecule has 3 heteroatoms. The van der Waals surface area contributed by atoms with Crippen LogP contribution in [0, 0.1) is 11.7 Å². The van der Waals surface area contributed by atoms with Crippen LogP contribution in [0.25, 0.3) is 0 Å². The third-order valence-electron chi connectivity index (χ3n) is 3.22. The minimum atomic E-state index is -0.148. The van der Waals surface area contributed by atoms with Crippen LogP contribution in [0.4, 0.5) is 10.1 Å². The molecule has 2 nitrogen and oxygen atoms in total. The quantitative estimate of drug-likeness (QED) is 0.718. The smallest absolute Gasteiger partial charge is 0.125 e. The summed E-state index contributed by atoms with van der Waals surface area (Å²) in [5.41, 5.74) is 2.00. The van der Waals surface area contributed by atoms with Crippen LogP contribution in [0.2, 0.25) is 0 Å². The van der Waals surface area contributed by atoms with E-state index < -0.39 is 0 Å². The van der Waals surface area contributed by atoms with Crippen molar-refractivity contribution in [1.29, 1.82) is 0 Å². The molecular formula is C17H29FN2. The second-order valence-corrected chi connectivity index (χ2v) is 6.13. The first-order valence-corrected chi connectivity index (χ1v) is 7.70. The monoisotopic (exact) mass is 280 g/mol. The van der Waals surface area contributed by atoms with E-state index in [0.29, 0.717) is 12.0 Å². The molecule has 0 aromatic heterocycles. The zero-order valence-corrected chi connectivity index (χ0v) is 13.5. The zero-order valence-electron chi connectivity index (χ0n) is 13.5. The predicted molar refractivity (Wildman–Crippen MR) is 85.7 cm³/mol. The molecule has 0 saturated heterocycles. The predicted octanol–water partition coefficient (Wildman–Crippen LogP) is 4.20. The Morgan fingerprint density at radius 1 is 1.15 bits per heavy atom. The van der Waals surface area contributed by atoms with E-state index in [0.717, 1.165) is 37.3 Å². The molecule has 0 heterocycles. The summed E-state index contributed by atoms with van der Waals surface area (Å²) < 4.78 is 13.8. The lowest BCUT2D eigenvalue weighted by Crippen LogP contribution is -2.34. The molecule has 1 aromatic rings. The Bertz CT molecular complexity index is 402. The lowest BCUT2D eigenvalue weighted by atomic mass is 10.1. The van der Waals surface area contributed by atoms with Gasteiger partial charge < -0.3 is 10.2 Å². The second kappa shape index (κ2) is 8.25. The van der Waals surface area contributed by atoms with Gasteiger partial charge in [-0.25, -0.2) is 4.39 Å². The van der Waals surface area contributed by atoms with Gasteiger partial charge in [0.25, 0.3) is 0 Å². The fourth-order valence-electron chi connectivity index (χ4n) is 2.32. The fraction of sp³-hybridized carbons (Fsp3) is 0.647. The van der Waals surface area contributed by atoms with Crippen LogP contribution >= 0.6 is 0 Å². The van der Waals surface area contributed by atoms with Crippen molar-refractivity contribution in [1.82, 2.24) is 5.32 Å². The van der Waals surface area contributed by atoms with Gasteiger partial charge >= 0.3 is 0 Å². The average molecular weight is 280 g/mol. The third-order valence-corrected chi connectivity index (χ3v) is 3.22. The molecule has 0 aliphatic rings. The topological polar surface area (TPSA) is 15.3 Å². The van der Waals surface area contributed by atoms with Gasteiger partial charge in [-0.3, -0.25) is 0 Å². The van der Waals surface area contributed by atoms with E-state index >= 15 is 0 Å². The Labute approximate surface area is 123 Å². The Balaban J connectivity index is 2.91. The maximum Gasteiger partial charge on any atom is 0.125 e. The molecule has 114 valence electrons. The number of benzene rings is 1. The molecule has 0 amide bonds. The van der Waals surface area contributed by atoms with E-state index in [2.05, 4.69) is 50.9 Å². The summed E-state index contributed by atoms with van der Waals surface area (Å²) in [5.74, 6) is 0.410. The maximum absolute atomic E-state index is 13.8. The van der Waals surface area contributed by atoms with E-state index in [1.165, 1.54) is 0 Å². The maximum atomic E-state index is 13.8. The lowest BCUT2D eigenvalue weighted by molar-refractivity contribution is 0.566. The van der Waals surface area contributed by atoms with Gasteiger partial charge in [0.05, 0.1) is 0 Å². The number of hydrogen-bond donors (Lipinski definition) is 1. The summed E-state index contributed by atoms with van der Waals surface area (Å²) >= 11 is 0. The molecule has 0 saturated carbocycles. The van der Waals surface area contributed by atoms with Crippen molar-refractivity contribution >= 4 is 5.69 Å². The Morgan fingerprint density at radius 2 is 1.85 bits per heavy atom. The number of nitrogens with zero attached hydrogens (tertiary/aromatic N) is 1. The normalized spacial score (nSPS) is 11.4. The van der Waals surface area contributed by atoms with Crippen LogP contribution in [0.15, 0.2) is 18.2 Å². The van der Waals surface area contributed by atoms with Gasteiger partial charge in [-0.1, -0.05) is 20.8 Å². The highest BCUT2D eigenvalue weighted by molar-refractivity contribution is 5.50. The van der Waals surface area contributed by atoms with Gasteiger partial charge in [0, 0.05) is 24.8 Å². The second-order valence-electron chi connectivity index (χ2n) is 6.13. The highest BCUT2D eigenvalue weighted by Crippen LogP contribution is 2.22. The van der Waals surface area contributed by atoms with E-state index in [1.807, 2.05) is 0 Å². The lowest BCUT2D eigenvalue weighted by Gasteiger charge is -2.31. The molecule has 0 spiro atoms. The Hall–Kier alpha value is -1.09. The first-order valence-electron chi connectivity index (χ1n) is 7.70. The van der Waals surface area contributed by atoms with Crippen molar-refractivity contribution in [3.8, 4) is 0 Å². The van der Waals surface area contributed by atoms with Crippen LogP contribution in [0.5, 0.6) is 0 Å². The first kappa shape index (κ1) is 17.0. The SMILES string of the molecule is CCCNCc1cc(F)cc(N(CC(C)C)C(C)C)c1. The summed E-state index contributed by atoms with van der Waals surface area (Å²) in [6, 6.07) is 5.75. The number of hydrogen-bond acceptors (Lipinski definition) is 2. The molecule has 0 atom stereocenters. The van der Waals surface area contributed by atoms with E-state index in [1.54, 1.807) is 12.1 Å². The van der Waals surface area contributed by atoms with Crippen LogP contribution in [0.3, 0.4) is 0 Å². The zero-order chi connectivity index (χ0) is 15.1. The molecule has 0 fully saturated rings. The van der Waals surface area contributed by atoms with Crippen molar-refractivity contribution in [3.05, 3.63) is 29.6 Å². The molecule has 0 unspecified atom stereocenters. The molecule has 0 bridgehead atoms. The number of anilines is 1. The molecule has 0 aliphatic heterocycles. The minimum absolute atomic E-state index is 0.148. The molecule has 1 rings (SSSR count). The highest BCUT2D eigenvalue weighted by atomic mass is 19.1. The number of nitrogens with one attached hydrogen (secondary N) is 1. The Kier molecular flexibility index (Phi) is 7.00. The number of halogens is 1. The highest BCUT2D eigenvalue weighted by Gasteiger charge is 2.14. The summed E-state index contributed by atoms with van der Waals surface area (Å²) in [6.07, 6.45) is 1.09. The van der Waals surface area contributed by atoms with Crippen LogP contribution in [0.1, 0.15) is 46.6 Å². The van der Waals surface area contributed by atoms with E-state index in [9.17, 15) is 4.39 Å². The molecule has 1 aromatic carbocycles. The molecule has 0 aliphatic carbocycles. The van der Waals surface area contributed by atoms with E-state index in [-0.39, 0.29) is 5.82 Å². The summed E-state index contributed by atoms with van der Waals surface area (Å²) in [5, 5.41) is 3.33. The fourth-order valence-corrected chi connectivity index (χ4v) is 2.32. The van der Waals surface area contributed by atoms with Gasteiger partial charge in [0.15, 0.2) is 0 Å². The van der Waals surface area contributed by atoms with Gasteiger partial charge in [-0.05, 0) is 56.5 Å². The van der Waals surface area contributed by atoms with Crippen LogP contribution in [-0.4, -0.2) is 19.1 Å². The van der Waals surface area contributed by atoms with Gasteiger partial charge in [0.1, 0.15) is 5.82 Å². The Morgan fingerprint density at radius 3 is 2.40 bits per heavy atom. The van der Waals surface area contributed by atoms with Gasteiger partial charge in [-0.2, -0.15) is 0 Å². The molecular weight excluding hydrogens is 251 g/mol. The first-order chi connectivity index (χ1) is 9.43. The van der Waals surface area contributed by atoms with Gasteiger partial charge in [0.2, 0.25) is 0 Å². The standard InChI is InChI=1S/C17H29FN2/c1-6-7-19-11-15-8-16(18)10-17(9-15)20(14(4)5)12-13(2)3/h8-10,13-14,19H,6-7,11-12H2,1-5H3. The largest absolute Gasteiger partial charge is 0.369 e. The van der Waals surface area contributed by atoms with E-state index in [4.69, 9.17) is 0 Å². The molecule has 1 N–H and O–H groups in total. The molecule has 0 radical (unpaired) electrons. The van der Waals surface area contributed by atoms with Crippen molar-refractivity contribution in [2.45, 2.75) is 53.6 Å². The summed E-state index contributed by atoms with van der Waals surface area (Å²) in [6.45, 7) is 13.5. The van der Waals surface area contributed by atoms with Crippen molar-refractivity contribution in [2.75, 3.05) is 18.0 Å². The van der Waals surface area contributed by atoms with Gasteiger partial charge in [-0.15, -0.1) is 0 Å². The summed E-state index contributed by atoms with van der Waals surface area (Å²) in [4.78, 5) is 2.27. The van der Waals surface area contributed by atoms with Crippen molar-refractivity contribution in [2.24, 2.45) is 5.92 Å². The number of rotatable bonds is 8. The summed E-state index contributed by atoms with van der Waals surface area (Å²) in [7, 11) is 0. The third kappa shape index (κ3) is 5.49. The minimum Gasteiger partial charge on any atom is -0.369 e. The molecule has 20 heavy (non-hydrogen) atoms. The van der Waals surface area contributed by atoms with Crippen LogP contribution in [-0.2, 0) is 6.54 Å². The average Bonchev–Trinajstić information content (AvgIpc) is 2.35. The van der Waals surface area contributed by atoms with Crippen molar-refractivity contribution in [3.63, 3.8) is 0 Å². The van der Waals surface area contributed by atoms with Crippen molar-refractivity contribution < 1.29 is 4.39 Å².